The Bertz CT molecular complexity index is 644. The molecular formula is C16H17ClN2O2. The molecule has 2 rings (SSSR count). The van der Waals surface area contributed by atoms with Crippen LogP contribution in [0.5, 0.6) is 5.75 Å². The number of halogens is 1. The van der Waals surface area contributed by atoms with Crippen molar-refractivity contribution in [2.75, 3.05) is 11.9 Å². The van der Waals surface area contributed by atoms with Crippen LogP contribution in [0.3, 0.4) is 0 Å². The average molecular weight is 305 g/mol. The minimum atomic E-state index is -0.105. The number of hydrogen-bond donors (Lipinski definition) is 3. The summed E-state index contributed by atoms with van der Waals surface area (Å²) in [5.41, 5.74) is 2.10. The Morgan fingerprint density at radius 3 is 2.81 bits per heavy atom. The molecule has 4 nitrogen and oxygen atoms in total. The lowest BCUT2D eigenvalue weighted by molar-refractivity contribution is 0.0956. The first-order chi connectivity index (χ1) is 10.1. The van der Waals surface area contributed by atoms with Gasteiger partial charge in [-0.1, -0.05) is 17.7 Å². The quantitative estimate of drug-likeness (QED) is 0.793. The smallest absolute Gasteiger partial charge is 0.251 e. The van der Waals surface area contributed by atoms with Gasteiger partial charge in [-0.25, -0.2) is 0 Å². The number of phenols is 1. The molecule has 0 heterocycles. The first kappa shape index (κ1) is 15.2. The molecular weight excluding hydrogens is 288 g/mol. The molecule has 0 bridgehead atoms. The summed E-state index contributed by atoms with van der Waals surface area (Å²) in [4.78, 5) is 11.8. The molecule has 0 saturated heterocycles. The molecule has 2 aromatic rings. The highest BCUT2D eigenvalue weighted by atomic mass is 35.5. The molecule has 21 heavy (non-hydrogen) atoms. The van der Waals surface area contributed by atoms with E-state index in [0.29, 0.717) is 29.2 Å². The van der Waals surface area contributed by atoms with Crippen LogP contribution in [0.15, 0.2) is 42.5 Å². The van der Waals surface area contributed by atoms with Gasteiger partial charge in [-0.3, -0.25) is 4.79 Å². The zero-order valence-corrected chi connectivity index (χ0v) is 12.4. The summed E-state index contributed by atoms with van der Waals surface area (Å²) in [5.74, 6) is 0.0820. The minimum Gasteiger partial charge on any atom is -0.508 e. The van der Waals surface area contributed by atoms with Crippen molar-refractivity contribution in [3.8, 4) is 5.75 Å². The van der Waals surface area contributed by atoms with E-state index in [-0.39, 0.29) is 11.7 Å². The van der Waals surface area contributed by atoms with Crippen molar-refractivity contribution in [3.63, 3.8) is 0 Å². The van der Waals surface area contributed by atoms with Crippen LogP contribution in [-0.4, -0.2) is 17.6 Å². The number of carbonyl (C=O) groups is 1. The zero-order valence-electron chi connectivity index (χ0n) is 11.7. The number of anilines is 1. The van der Waals surface area contributed by atoms with Crippen molar-refractivity contribution in [3.05, 3.63) is 58.6 Å². The van der Waals surface area contributed by atoms with Gasteiger partial charge in [0, 0.05) is 34.9 Å². The number of aromatic hydroxyl groups is 1. The van der Waals surface area contributed by atoms with Crippen molar-refractivity contribution in [1.82, 2.24) is 5.32 Å². The lowest BCUT2D eigenvalue weighted by Gasteiger charge is -2.10. The van der Waals surface area contributed by atoms with E-state index in [4.69, 9.17) is 11.6 Å². The maximum atomic E-state index is 11.8. The Balaban J connectivity index is 2.08. The maximum Gasteiger partial charge on any atom is 0.251 e. The molecule has 0 aliphatic carbocycles. The van der Waals surface area contributed by atoms with E-state index in [1.54, 1.807) is 30.3 Å². The fourth-order valence-corrected chi connectivity index (χ4v) is 2.12. The van der Waals surface area contributed by atoms with Gasteiger partial charge in [-0.15, -0.1) is 0 Å². The van der Waals surface area contributed by atoms with Crippen LogP contribution in [0.4, 0.5) is 5.69 Å². The second-order valence-corrected chi connectivity index (χ2v) is 5.00. The van der Waals surface area contributed by atoms with E-state index in [9.17, 15) is 9.90 Å². The van der Waals surface area contributed by atoms with Crippen molar-refractivity contribution in [1.29, 1.82) is 0 Å². The Labute approximate surface area is 128 Å². The van der Waals surface area contributed by atoms with Gasteiger partial charge in [0.1, 0.15) is 5.75 Å². The molecule has 2 aromatic carbocycles. The summed E-state index contributed by atoms with van der Waals surface area (Å²) < 4.78 is 0. The van der Waals surface area contributed by atoms with Crippen LogP contribution in [0.25, 0.3) is 0 Å². The Kier molecular flexibility index (Phi) is 5.06. The highest BCUT2D eigenvalue weighted by Crippen LogP contribution is 2.22. The number of carbonyl (C=O) groups excluding carboxylic acids is 1. The van der Waals surface area contributed by atoms with Gasteiger partial charge < -0.3 is 15.7 Å². The average Bonchev–Trinajstić information content (AvgIpc) is 2.49. The van der Waals surface area contributed by atoms with Crippen LogP contribution >= 0.6 is 11.6 Å². The van der Waals surface area contributed by atoms with Crippen molar-refractivity contribution >= 4 is 23.2 Å². The third-order valence-electron chi connectivity index (χ3n) is 2.99. The second kappa shape index (κ2) is 6.99. The van der Waals surface area contributed by atoms with Crippen LogP contribution in [0.1, 0.15) is 22.8 Å². The highest BCUT2D eigenvalue weighted by Gasteiger charge is 2.06. The van der Waals surface area contributed by atoms with Gasteiger partial charge in [0.2, 0.25) is 0 Å². The van der Waals surface area contributed by atoms with E-state index in [2.05, 4.69) is 10.6 Å². The molecule has 0 aromatic heterocycles. The lowest BCUT2D eigenvalue weighted by atomic mass is 10.1. The lowest BCUT2D eigenvalue weighted by Crippen LogP contribution is -2.22. The SMILES string of the molecule is CCNC(=O)c1cccc(NCc2cc(Cl)ccc2O)c1. The summed E-state index contributed by atoms with van der Waals surface area (Å²) in [5, 5.41) is 16.3. The molecule has 110 valence electrons. The normalized spacial score (nSPS) is 10.2. The monoisotopic (exact) mass is 304 g/mol. The predicted molar refractivity (Wildman–Crippen MR) is 84.9 cm³/mol. The second-order valence-electron chi connectivity index (χ2n) is 4.57. The molecule has 0 unspecified atom stereocenters. The Hall–Kier alpha value is -2.20. The Morgan fingerprint density at radius 2 is 2.05 bits per heavy atom. The third kappa shape index (κ3) is 4.13. The standard InChI is InChI=1S/C16H17ClN2O2/c1-2-18-16(21)11-4-3-5-14(9-11)19-10-12-8-13(17)6-7-15(12)20/h3-9,19-20H,2,10H2,1H3,(H,18,21). The van der Waals surface area contributed by atoms with Crippen molar-refractivity contribution in [2.45, 2.75) is 13.5 Å². The van der Waals surface area contributed by atoms with Crippen molar-refractivity contribution < 1.29 is 9.90 Å². The maximum absolute atomic E-state index is 11.8. The number of nitrogens with one attached hydrogen (secondary N) is 2. The van der Waals surface area contributed by atoms with Gasteiger partial charge in [0.25, 0.3) is 5.91 Å². The molecule has 3 N–H and O–H groups in total. The first-order valence-electron chi connectivity index (χ1n) is 6.69. The fourth-order valence-electron chi connectivity index (χ4n) is 1.93. The topological polar surface area (TPSA) is 61.4 Å². The summed E-state index contributed by atoms with van der Waals surface area (Å²) >= 11 is 5.91. The molecule has 0 fully saturated rings. The molecule has 0 radical (unpaired) electrons. The van der Waals surface area contributed by atoms with Gasteiger partial charge in [-0.2, -0.15) is 0 Å². The largest absolute Gasteiger partial charge is 0.508 e. The van der Waals surface area contributed by atoms with Crippen LogP contribution in [-0.2, 0) is 6.54 Å². The third-order valence-corrected chi connectivity index (χ3v) is 3.22. The number of phenolic OH excluding ortho intramolecular Hbond substituents is 1. The Morgan fingerprint density at radius 1 is 1.24 bits per heavy atom. The molecule has 0 aliphatic heterocycles. The van der Waals surface area contributed by atoms with Gasteiger partial charge >= 0.3 is 0 Å². The molecule has 0 aliphatic rings. The summed E-state index contributed by atoms with van der Waals surface area (Å²) in [6.45, 7) is 2.89. The van der Waals surface area contributed by atoms with E-state index < -0.39 is 0 Å². The van der Waals surface area contributed by atoms with E-state index in [1.165, 1.54) is 0 Å². The summed E-state index contributed by atoms with van der Waals surface area (Å²) in [7, 11) is 0. The summed E-state index contributed by atoms with van der Waals surface area (Å²) in [6, 6.07) is 12.1. The molecule has 0 atom stereocenters. The van der Waals surface area contributed by atoms with Crippen LogP contribution in [0, 0.1) is 0 Å². The number of amides is 1. The number of benzene rings is 2. The number of rotatable bonds is 5. The fraction of sp³-hybridized carbons (Fsp3) is 0.188. The highest BCUT2D eigenvalue weighted by molar-refractivity contribution is 6.30. The van der Waals surface area contributed by atoms with Crippen LogP contribution < -0.4 is 10.6 Å². The van der Waals surface area contributed by atoms with Crippen molar-refractivity contribution in [2.24, 2.45) is 0 Å². The number of hydrogen-bond acceptors (Lipinski definition) is 3. The van der Waals surface area contributed by atoms with E-state index in [0.717, 1.165) is 5.69 Å². The predicted octanol–water partition coefficient (Wildman–Crippen LogP) is 3.41. The minimum absolute atomic E-state index is 0.105. The van der Waals surface area contributed by atoms with Gasteiger partial charge in [0.05, 0.1) is 0 Å². The first-order valence-corrected chi connectivity index (χ1v) is 7.07. The molecule has 1 amide bonds. The molecule has 0 spiro atoms. The van der Waals surface area contributed by atoms with Gasteiger partial charge in [-0.05, 0) is 43.3 Å². The van der Waals surface area contributed by atoms with E-state index in [1.807, 2.05) is 19.1 Å². The zero-order chi connectivity index (χ0) is 15.2. The van der Waals surface area contributed by atoms with E-state index >= 15 is 0 Å². The summed E-state index contributed by atoms with van der Waals surface area (Å²) in [6.07, 6.45) is 0. The molecule has 5 heteroatoms. The van der Waals surface area contributed by atoms with Crippen LogP contribution in [0.2, 0.25) is 5.02 Å². The molecule has 0 saturated carbocycles. The van der Waals surface area contributed by atoms with Gasteiger partial charge in [0.15, 0.2) is 0 Å².